The molecule has 0 unspecified atom stereocenters. The second kappa shape index (κ2) is 8.02. The van der Waals surface area contributed by atoms with E-state index >= 15 is 0 Å². The summed E-state index contributed by atoms with van der Waals surface area (Å²) in [6.45, 7) is -0.671. The van der Waals surface area contributed by atoms with E-state index in [4.69, 9.17) is 4.42 Å². The minimum atomic E-state index is -1.22. The Kier molecular flexibility index (Phi) is 4.92. The predicted molar refractivity (Wildman–Crippen MR) is 120 cm³/mol. The van der Waals surface area contributed by atoms with E-state index in [0.29, 0.717) is 22.6 Å². The maximum Gasteiger partial charge on any atom is 0.246 e. The number of oxazole rings is 1. The van der Waals surface area contributed by atoms with Crippen LogP contribution in [0.5, 0.6) is 0 Å². The Morgan fingerprint density at radius 1 is 1.03 bits per heavy atom. The lowest BCUT2D eigenvalue weighted by molar-refractivity contribution is 0.273. The fourth-order valence-electron chi connectivity index (χ4n) is 4.17. The second-order valence-electron chi connectivity index (χ2n) is 8.58. The van der Waals surface area contributed by atoms with Crippen LogP contribution in [0, 0.1) is 17.5 Å². The normalized spacial score (nSPS) is 13.6. The van der Waals surface area contributed by atoms with Crippen LogP contribution in [0.25, 0.3) is 45.2 Å². The number of nitrogens with zero attached hydrogens (tertiary/aromatic N) is 5. The largest absolute Gasteiger partial charge is 0.431 e. The third-order valence-corrected chi connectivity index (χ3v) is 6.11. The van der Waals surface area contributed by atoms with Crippen LogP contribution in [0.1, 0.15) is 30.0 Å². The number of aliphatic hydroxyl groups is 1. The van der Waals surface area contributed by atoms with Crippen molar-refractivity contribution in [1.82, 2.24) is 24.7 Å². The molecular formula is C25H18F3N5O2. The topological polar surface area (TPSA) is 89.9 Å². The van der Waals surface area contributed by atoms with E-state index in [1.54, 1.807) is 23.7 Å². The van der Waals surface area contributed by atoms with Crippen molar-refractivity contribution in [2.24, 2.45) is 7.05 Å². The summed E-state index contributed by atoms with van der Waals surface area (Å²) in [6, 6.07) is 9.30. The SMILES string of the molecule is Cn1cnnc1-c1cc(F)ccc1-c1cc(-c2nc3cc(CO)c(F)c(F)c3o2)nc(C2CC2)c1. The van der Waals surface area contributed by atoms with Crippen molar-refractivity contribution >= 4 is 11.1 Å². The Bertz CT molecular complexity index is 1610. The first-order valence-corrected chi connectivity index (χ1v) is 11.0. The molecule has 1 fully saturated rings. The maximum atomic E-state index is 14.5. The zero-order valence-electron chi connectivity index (χ0n) is 18.5. The van der Waals surface area contributed by atoms with E-state index in [-0.39, 0.29) is 28.5 Å². The van der Waals surface area contributed by atoms with Gasteiger partial charge in [0.15, 0.2) is 17.2 Å². The maximum absolute atomic E-state index is 14.5. The van der Waals surface area contributed by atoms with Gasteiger partial charge in [0.1, 0.15) is 23.4 Å². The van der Waals surface area contributed by atoms with Gasteiger partial charge in [0.05, 0.1) is 6.61 Å². The summed E-state index contributed by atoms with van der Waals surface area (Å²) in [6.07, 6.45) is 3.48. The fourth-order valence-corrected chi connectivity index (χ4v) is 4.17. The molecule has 0 bridgehead atoms. The first-order valence-electron chi connectivity index (χ1n) is 11.0. The Morgan fingerprint density at radius 3 is 2.57 bits per heavy atom. The smallest absolute Gasteiger partial charge is 0.246 e. The zero-order chi connectivity index (χ0) is 24.3. The van der Waals surface area contributed by atoms with Crippen LogP contribution in [0.3, 0.4) is 0 Å². The van der Waals surface area contributed by atoms with Crippen molar-refractivity contribution in [3.63, 3.8) is 0 Å². The molecule has 10 heteroatoms. The molecular weight excluding hydrogens is 459 g/mol. The molecule has 0 spiro atoms. The van der Waals surface area contributed by atoms with E-state index in [9.17, 15) is 18.3 Å². The minimum absolute atomic E-state index is 0.0134. The third kappa shape index (κ3) is 3.66. The third-order valence-electron chi connectivity index (χ3n) is 6.11. The van der Waals surface area contributed by atoms with Crippen molar-refractivity contribution in [3.8, 4) is 34.1 Å². The van der Waals surface area contributed by atoms with Gasteiger partial charge >= 0.3 is 0 Å². The molecule has 0 atom stereocenters. The molecule has 1 N–H and O–H groups in total. The highest BCUT2D eigenvalue weighted by molar-refractivity contribution is 5.83. The van der Waals surface area contributed by atoms with Crippen LogP contribution < -0.4 is 0 Å². The van der Waals surface area contributed by atoms with E-state index in [0.717, 1.165) is 24.1 Å². The molecule has 0 aliphatic heterocycles. The summed E-state index contributed by atoms with van der Waals surface area (Å²) in [5.41, 5.74) is 2.61. The average molecular weight is 477 g/mol. The van der Waals surface area contributed by atoms with Crippen molar-refractivity contribution < 1.29 is 22.7 Å². The van der Waals surface area contributed by atoms with Gasteiger partial charge in [0.2, 0.25) is 11.7 Å². The number of pyridine rings is 1. The molecule has 0 amide bonds. The Morgan fingerprint density at radius 2 is 1.86 bits per heavy atom. The summed E-state index contributed by atoms with van der Waals surface area (Å²) in [5, 5.41) is 17.4. The van der Waals surface area contributed by atoms with Crippen LogP contribution in [0.4, 0.5) is 13.2 Å². The molecule has 5 aromatic rings. The summed E-state index contributed by atoms with van der Waals surface area (Å²) >= 11 is 0. The number of fused-ring (bicyclic) bond motifs is 1. The van der Waals surface area contributed by atoms with Gasteiger partial charge in [-0.05, 0) is 54.3 Å². The van der Waals surface area contributed by atoms with Gasteiger partial charge in [-0.15, -0.1) is 10.2 Å². The van der Waals surface area contributed by atoms with Gasteiger partial charge in [-0.3, -0.25) is 0 Å². The first kappa shape index (κ1) is 21.5. The highest BCUT2D eigenvalue weighted by Gasteiger charge is 2.28. The molecule has 2 aromatic carbocycles. The number of rotatable bonds is 5. The summed E-state index contributed by atoms with van der Waals surface area (Å²) in [7, 11) is 1.77. The first-order chi connectivity index (χ1) is 16.9. The summed E-state index contributed by atoms with van der Waals surface area (Å²) in [5.74, 6) is -2.05. The van der Waals surface area contributed by atoms with Crippen molar-refractivity contribution in [2.75, 3.05) is 0 Å². The highest BCUT2D eigenvalue weighted by atomic mass is 19.2. The lowest BCUT2D eigenvalue weighted by atomic mass is 9.97. The van der Waals surface area contributed by atoms with E-state index in [1.807, 2.05) is 6.07 Å². The standard InChI is InChI=1S/C25H18F3N5O2/c1-33-11-29-32-24(33)17-9-15(26)4-5-16(17)13-6-18(12-2-3-12)30-20(7-13)25-31-19-8-14(10-34)21(27)22(28)23(19)35-25/h4-9,11-12,34H,2-3,10H2,1H3. The molecule has 35 heavy (non-hydrogen) atoms. The molecule has 1 saturated carbocycles. The fraction of sp³-hybridized carbons (Fsp3) is 0.200. The minimum Gasteiger partial charge on any atom is -0.431 e. The molecule has 3 aromatic heterocycles. The van der Waals surface area contributed by atoms with Crippen molar-refractivity contribution in [3.05, 3.63) is 71.4 Å². The lowest BCUT2D eigenvalue weighted by Crippen LogP contribution is -1.97. The molecule has 176 valence electrons. The number of benzene rings is 2. The molecule has 3 heterocycles. The van der Waals surface area contributed by atoms with Crippen LogP contribution in [0.2, 0.25) is 0 Å². The summed E-state index contributed by atoms with van der Waals surface area (Å²) < 4.78 is 50.2. The lowest BCUT2D eigenvalue weighted by Gasteiger charge is -2.12. The Labute approximate surface area is 196 Å². The summed E-state index contributed by atoms with van der Waals surface area (Å²) in [4.78, 5) is 9.00. The molecule has 6 rings (SSSR count). The quantitative estimate of drug-likeness (QED) is 0.377. The number of hydrogen-bond donors (Lipinski definition) is 1. The molecule has 1 aliphatic carbocycles. The average Bonchev–Trinajstić information content (AvgIpc) is 3.49. The van der Waals surface area contributed by atoms with Gasteiger partial charge in [-0.25, -0.2) is 18.7 Å². The van der Waals surface area contributed by atoms with Gasteiger partial charge in [0.25, 0.3) is 0 Å². The highest BCUT2D eigenvalue weighted by Crippen LogP contribution is 2.42. The number of hydrogen-bond acceptors (Lipinski definition) is 6. The Hall–Kier alpha value is -4.05. The van der Waals surface area contributed by atoms with E-state index < -0.39 is 24.1 Å². The molecule has 0 radical (unpaired) electrons. The van der Waals surface area contributed by atoms with Crippen LogP contribution in [-0.4, -0.2) is 29.8 Å². The van der Waals surface area contributed by atoms with Gasteiger partial charge in [-0.1, -0.05) is 6.07 Å². The number of aryl methyl sites for hydroxylation is 1. The number of halogens is 3. The van der Waals surface area contributed by atoms with Crippen LogP contribution >= 0.6 is 0 Å². The van der Waals surface area contributed by atoms with E-state index in [1.165, 1.54) is 24.5 Å². The predicted octanol–water partition coefficient (Wildman–Crippen LogP) is 5.14. The number of aromatic nitrogens is 5. The van der Waals surface area contributed by atoms with E-state index in [2.05, 4.69) is 20.2 Å². The monoisotopic (exact) mass is 477 g/mol. The second-order valence-corrected chi connectivity index (χ2v) is 8.58. The van der Waals surface area contributed by atoms with Gasteiger partial charge < -0.3 is 14.1 Å². The van der Waals surface area contributed by atoms with Gasteiger partial charge in [0, 0.05) is 29.8 Å². The Balaban J connectivity index is 1.55. The molecule has 7 nitrogen and oxygen atoms in total. The molecule has 1 aliphatic rings. The zero-order valence-corrected chi connectivity index (χ0v) is 18.5. The van der Waals surface area contributed by atoms with Crippen molar-refractivity contribution in [1.29, 1.82) is 0 Å². The molecule has 0 saturated heterocycles. The van der Waals surface area contributed by atoms with Crippen molar-refractivity contribution in [2.45, 2.75) is 25.4 Å². The van der Waals surface area contributed by atoms with Gasteiger partial charge in [-0.2, -0.15) is 4.39 Å². The number of aliphatic hydroxyl groups excluding tert-OH is 1. The van der Waals surface area contributed by atoms with Crippen LogP contribution in [-0.2, 0) is 13.7 Å². The van der Waals surface area contributed by atoms with Crippen LogP contribution in [0.15, 0.2) is 47.1 Å².